The highest BCUT2D eigenvalue weighted by atomic mass is 127. The molecular weight excluding hydrogens is 435 g/mol. The van der Waals surface area contributed by atoms with Gasteiger partial charge in [-0.25, -0.2) is 4.79 Å². The van der Waals surface area contributed by atoms with Crippen molar-refractivity contribution < 1.29 is 19.7 Å². The van der Waals surface area contributed by atoms with E-state index in [1.165, 1.54) is 4.90 Å². The van der Waals surface area contributed by atoms with Crippen molar-refractivity contribution in [3.63, 3.8) is 0 Å². The van der Waals surface area contributed by atoms with Crippen LogP contribution in [0, 0.1) is 3.57 Å². The maximum absolute atomic E-state index is 11.6. The number of aliphatic hydroxyl groups is 1. The highest BCUT2D eigenvalue weighted by Crippen LogP contribution is 2.29. The van der Waals surface area contributed by atoms with Crippen molar-refractivity contribution in [3.05, 3.63) is 57.4 Å². The van der Waals surface area contributed by atoms with Crippen LogP contribution in [0.3, 0.4) is 0 Å². The van der Waals surface area contributed by atoms with E-state index in [1.807, 2.05) is 12.1 Å². The fourth-order valence-corrected chi connectivity index (χ4v) is 3.46. The van der Waals surface area contributed by atoms with Crippen LogP contribution in [0.25, 0.3) is 0 Å². The molecule has 0 bridgehead atoms. The van der Waals surface area contributed by atoms with Gasteiger partial charge in [0.05, 0.1) is 19.2 Å². The molecule has 1 amide bonds. The van der Waals surface area contributed by atoms with E-state index in [-0.39, 0.29) is 19.2 Å². The number of amides is 1. The maximum atomic E-state index is 11.6. The van der Waals surface area contributed by atoms with E-state index in [4.69, 9.17) is 4.74 Å². The van der Waals surface area contributed by atoms with Gasteiger partial charge < -0.3 is 19.8 Å². The van der Waals surface area contributed by atoms with Crippen LogP contribution in [0.1, 0.15) is 23.7 Å². The van der Waals surface area contributed by atoms with Gasteiger partial charge in [-0.1, -0.05) is 6.07 Å². The lowest BCUT2D eigenvalue weighted by Crippen LogP contribution is -2.42. The van der Waals surface area contributed by atoms with Crippen LogP contribution < -0.4 is 4.74 Å². The molecule has 0 saturated heterocycles. The standard InChI is InChI=1S/C18H19IN2O4/c19-14-4-6-17-12(8-14)3-5-15(25-17)10-21(18(23)24)11-16(22)13-2-1-7-20-9-13/h1-2,4,6-9,15-16,22H,3,5,10-11H2,(H,23,24)/t15-,16+/m0/s1. The molecular formula is C18H19IN2O4. The first-order chi connectivity index (χ1) is 12.0. The van der Waals surface area contributed by atoms with Gasteiger partial charge in [0.2, 0.25) is 0 Å². The summed E-state index contributed by atoms with van der Waals surface area (Å²) in [7, 11) is 0. The number of carbonyl (C=O) groups is 1. The molecule has 2 aromatic rings. The summed E-state index contributed by atoms with van der Waals surface area (Å²) in [6.07, 6.45) is 2.56. The van der Waals surface area contributed by atoms with Gasteiger partial charge in [0.15, 0.2) is 0 Å². The van der Waals surface area contributed by atoms with Crippen molar-refractivity contribution in [1.82, 2.24) is 9.88 Å². The number of aliphatic hydroxyl groups excluding tert-OH is 1. The molecule has 2 N–H and O–H groups in total. The lowest BCUT2D eigenvalue weighted by atomic mass is 10.0. The Morgan fingerprint density at radius 1 is 1.44 bits per heavy atom. The van der Waals surface area contributed by atoms with Crippen molar-refractivity contribution in [1.29, 1.82) is 0 Å². The topological polar surface area (TPSA) is 82.9 Å². The van der Waals surface area contributed by atoms with Crippen molar-refractivity contribution >= 4 is 28.7 Å². The van der Waals surface area contributed by atoms with Gasteiger partial charge in [-0.3, -0.25) is 4.98 Å². The number of pyridine rings is 1. The van der Waals surface area contributed by atoms with E-state index in [2.05, 4.69) is 33.6 Å². The predicted octanol–water partition coefficient (Wildman–Crippen LogP) is 3.09. The Hall–Kier alpha value is -1.87. The summed E-state index contributed by atoms with van der Waals surface area (Å²) in [5.74, 6) is 0.815. The molecule has 1 aromatic heterocycles. The SMILES string of the molecule is O=C(O)N(C[C@@H]1CCc2cc(I)ccc2O1)C[C@@H](O)c1cccnc1. The molecule has 0 unspecified atom stereocenters. The smallest absolute Gasteiger partial charge is 0.407 e. The Morgan fingerprint density at radius 2 is 2.28 bits per heavy atom. The van der Waals surface area contributed by atoms with E-state index in [9.17, 15) is 15.0 Å². The van der Waals surface area contributed by atoms with Crippen LogP contribution in [-0.4, -0.2) is 45.4 Å². The Balaban J connectivity index is 1.64. The summed E-state index contributed by atoms with van der Waals surface area (Å²) >= 11 is 2.26. The van der Waals surface area contributed by atoms with Gasteiger partial charge >= 0.3 is 6.09 Å². The highest BCUT2D eigenvalue weighted by molar-refractivity contribution is 14.1. The van der Waals surface area contributed by atoms with Crippen LogP contribution in [0.15, 0.2) is 42.7 Å². The third-order valence-corrected chi connectivity index (χ3v) is 4.88. The average Bonchev–Trinajstić information content (AvgIpc) is 2.61. The molecule has 1 aromatic carbocycles. The normalized spacial score (nSPS) is 17.3. The van der Waals surface area contributed by atoms with E-state index >= 15 is 0 Å². The fraction of sp³-hybridized carbons (Fsp3) is 0.333. The van der Waals surface area contributed by atoms with Gasteiger partial charge in [-0.2, -0.15) is 0 Å². The largest absolute Gasteiger partial charge is 0.488 e. The quantitative estimate of drug-likeness (QED) is 0.679. The second-order valence-corrected chi connectivity index (χ2v) is 7.27. The second kappa shape index (κ2) is 8.01. The number of carboxylic acid groups (broad SMARTS) is 1. The van der Waals surface area contributed by atoms with Crippen LogP contribution in [-0.2, 0) is 6.42 Å². The van der Waals surface area contributed by atoms with E-state index in [0.717, 1.165) is 27.7 Å². The summed E-state index contributed by atoms with van der Waals surface area (Å²) in [5, 5.41) is 19.7. The van der Waals surface area contributed by atoms with Gasteiger partial charge in [0.1, 0.15) is 11.9 Å². The molecule has 2 atom stereocenters. The molecule has 0 spiro atoms. The molecule has 25 heavy (non-hydrogen) atoms. The highest BCUT2D eigenvalue weighted by Gasteiger charge is 2.26. The number of rotatable bonds is 5. The second-order valence-electron chi connectivity index (χ2n) is 6.02. The lowest BCUT2D eigenvalue weighted by Gasteiger charge is -2.31. The number of fused-ring (bicyclic) bond motifs is 1. The van der Waals surface area contributed by atoms with Gasteiger partial charge in [0, 0.05) is 21.5 Å². The van der Waals surface area contributed by atoms with Gasteiger partial charge in [-0.15, -0.1) is 0 Å². The average molecular weight is 454 g/mol. The summed E-state index contributed by atoms with van der Waals surface area (Å²) < 4.78 is 7.11. The molecule has 6 nitrogen and oxygen atoms in total. The Kier molecular flexibility index (Phi) is 5.74. The van der Waals surface area contributed by atoms with Crippen molar-refractivity contribution in [2.24, 2.45) is 0 Å². The maximum Gasteiger partial charge on any atom is 0.407 e. The fourth-order valence-electron chi connectivity index (χ4n) is 2.91. The minimum atomic E-state index is -1.07. The third-order valence-electron chi connectivity index (χ3n) is 4.21. The number of aryl methyl sites for hydroxylation is 1. The van der Waals surface area contributed by atoms with E-state index < -0.39 is 12.2 Å². The number of ether oxygens (including phenoxy) is 1. The Morgan fingerprint density at radius 3 is 3.00 bits per heavy atom. The number of aromatic nitrogens is 1. The predicted molar refractivity (Wildman–Crippen MR) is 101 cm³/mol. The van der Waals surface area contributed by atoms with E-state index in [0.29, 0.717) is 5.56 Å². The Labute approximate surface area is 159 Å². The minimum absolute atomic E-state index is 0.0135. The summed E-state index contributed by atoms with van der Waals surface area (Å²) in [5.41, 5.74) is 1.75. The number of halogens is 1. The zero-order valence-electron chi connectivity index (χ0n) is 13.5. The van der Waals surface area contributed by atoms with Crippen molar-refractivity contribution in [2.45, 2.75) is 25.0 Å². The monoisotopic (exact) mass is 454 g/mol. The molecule has 132 valence electrons. The first kappa shape index (κ1) is 17.9. The van der Waals surface area contributed by atoms with Crippen LogP contribution in [0.5, 0.6) is 5.75 Å². The number of nitrogens with zero attached hydrogens (tertiary/aromatic N) is 2. The van der Waals surface area contributed by atoms with Crippen molar-refractivity contribution in [2.75, 3.05) is 13.1 Å². The summed E-state index contributed by atoms with van der Waals surface area (Å²) in [6, 6.07) is 9.44. The summed E-state index contributed by atoms with van der Waals surface area (Å²) in [4.78, 5) is 16.7. The van der Waals surface area contributed by atoms with Crippen LogP contribution >= 0.6 is 22.6 Å². The molecule has 0 radical (unpaired) electrons. The molecule has 0 aliphatic carbocycles. The van der Waals surface area contributed by atoms with Gasteiger partial charge in [0.25, 0.3) is 0 Å². The molecule has 1 aliphatic heterocycles. The van der Waals surface area contributed by atoms with Gasteiger partial charge in [-0.05, 0) is 65.3 Å². The molecule has 1 aliphatic rings. The Bertz CT molecular complexity index is 741. The lowest BCUT2D eigenvalue weighted by molar-refractivity contribution is 0.0656. The third kappa shape index (κ3) is 4.60. The zero-order chi connectivity index (χ0) is 17.8. The molecule has 2 heterocycles. The number of hydrogen-bond acceptors (Lipinski definition) is 4. The van der Waals surface area contributed by atoms with E-state index in [1.54, 1.807) is 24.5 Å². The number of hydrogen-bond donors (Lipinski definition) is 2. The first-order valence-electron chi connectivity index (χ1n) is 8.04. The first-order valence-corrected chi connectivity index (χ1v) is 9.11. The molecule has 0 fully saturated rings. The minimum Gasteiger partial charge on any atom is -0.488 e. The molecule has 3 rings (SSSR count). The van der Waals surface area contributed by atoms with Crippen LogP contribution in [0.4, 0.5) is 4.79 Å². The van der Waals surface area contributed by atoms with Crippen molar-refractivity contribution in [3.8, 4) is 5.75 Å². The molecule has 0 saturated carbocycles. The van der Waals surface area contributed by atoms with Crippen LogP contribution in [0.2, 0.25) is 0 Å². The zero-order valence-corrected chi connectivity index (χ0v) is 15.7. The number of benzene rings is 1. The molecule has 7 heteroatoms. The summed E-state index contributed by atoms with van der Waals surface area (Å²) in [6.45, 7) is 0.207.